The number of morpholine rings is 1. The van der Waals surface area contributed by atoms with Crippen LogP contribution < -0.4 is 15.8 Å². The fraction of sp³-hybridized carbons (Fsp3) is 0.238. The van der Waals surface area contributed by atoms with Crippen LogP contribution in [0.15, 0.2) is 53.5 Å². The van der Waals surface area contributed by atoms with Crippen molar-refractivity contribution in [3.8, 4) is 5.75 Å². The SMILES string of the molecule is O=c1c(N2CCOCC2)cnc(Nc2ccc(O)c(F)c2)n1Cc1ccc(Cl)cc1. The van der Waals surface area contributed by atoms with Crippen LogP contribution in [0.2, 0.25) is 5.02 Å². The highest BCUT2D eigenvalue weighted by Gasteiger charge is 2.19. The Bertz CT molecular complexity index is 1100. The number of phenols is 1. The Morgan fingerprint density at radius 3 is 2.60 bits per heavy atom. The number of hydrogen-bond acceptors (Lipinski definition) is 6. The molecule has 0 spiro atoms. The summed E-state index contributed by atoms with van der Waals surface area (Å²) in [6, 6.07) is 11.1. The van der Waals surface area contributed by atoms with Crippen molar-refractivity contribution in [1.82, 2.24) is 9.55 Å². The quantitative estimate of drug-likeness (QED) is 0.604. The Morgan fingerprint density at radius 2 is 1.90 bits per heavy atom. The van der Waals surface area contributed by atoms with Crippen molar-refractivity contribution < 1.29 is 14.2 Å². The van der Waals surface area contributed by atoms with Crippen LogP contribution in [-0.4, -0.2) is 41.0 Å². The molecule has 0 radical (unpaired) electrons. The van der Waals surface area contributed by atoms with Gasteiger partial charge in [-0.05, 0) is 29.8 Å². The zero-order valence-corrected chi connectivity index (χ0v) is 16.8. The molecule has 2 heterocycles. The second-order valence-corrected chi connectivity index (χ2v) is 7.31. The minimum absolute atomic E-state index is 0.219. The molecule has 1 aliphatic rings. The number of halogens is 2. The lowest BCUT2D eigenvalue weighted by Gasteiger charge is -2.28. The van der Waals surface area contributed by atoms with E-state index in [1.165, 1.54) is 22.9 Å². The molecule has 1 aliphatic heterocycles. The van der Waals surface area contributed by atoms with E-state index in [0.29, 0.717) is 42.7 Å². The van der Waals surface area contributed by atoms with Crippen molar-refractivity contribution in [2.75, 3.05) is 36.5 Å². The standard InChI is InChI=1S/C21H20ClFN4O3/c22-15-3-1-14(2-4-15)13-27-20(29)18(26-7-9-30-10-8-26)12-24-21(27)25-16-5-6-19(28)17(23)11-16/h1-6,11-12,28H,7-10,13H2,(H,24,25). The highest BCUT2D eigenvalue weighted by atomic mass is 35.5. The van der Waals surface area contributed by atoms with Gasteiger partial charge in [0.15, 0.2) is 11.6 Å². The maximum Gasteiger partial charge on any atom is 0.278 e. The molecule has 1 fully saturated rings. The zero-order chi connectivity index (χ0) is 21.1. The molecule has 0 unspecified atom stereocenters. The predicted octanol–water partition coefficient (Wildman–Crippen LogP) is 3.37. The van der Waals surface area contributed by atoms with E-state index in [0.717, 1.165) is 11.6 Å². The first-order chi connectivity index (χ1) is 14.5. The maximum atomic E-state index is 13.7. The van der Waals surface area contributed by atoms with Gasteiger partial charge in [0, 0.05) is 29.9 Å². The van der Waals surface area contributed by atoms with Crippen molar-refractivity contribution in [3.05, 3.63) is 75.4 Å². The third-order valence-corrected chi connectivity index (χ3v) is 5.09. The van der Waals surface area contributed by atoms with Gasteiger partial charge in [-0.25, -0.2) is 9.37 Å². The zero-order valence-electron chi connectivity index (χ0n) is 16.0. The molecular formula is C21H20ClFN4O3. The van der Waals surface area contributed by atoms with E-state index in [1.807, 2.05) is 17.0 Å². The molecule has 2 aromatic carbocycles. The van der Waals surface area contributed by atoms with Crippen LogP contribution in [0.3, 0.4) is 0 Å². The molecule has 0 bridgehead atoms. The van der Waals surface area contributed by atoms with Crippen LogP contribution in [0.4, 0.5) is 21.7 Å². The number of hydrogen-bond donors (Lipinski definition) is 2. The molecule has 156 valence electrons. The van der Waals surface area contributed by atoms with Gasteiger partial charge in [0.2, 0.25) is 5.95 Å². The van der Waals surface area contributed by atoms with Crippen molar-refractivity contribution in [3.63, 3.8) is 0 Å². The number of benzene rings is 2. The highest BCUT2D eigenvalue weighted by molar-refractivity contribution is 6.30. The topological polar surface area (TPSA) is 79.6 Å². The van der Waals surface area contributed by atoms with Gasteiger partial charge in [-0.15, -0.1) is 0 Å². The summed E-state index contributed by atoms with van der Waals surface area (Å²) >= 11 is 5.97. The van der Waals surface area contributed by atoms with Gasteiger partial charge >= 0.3 is 0 Å². The minimum Gasteiger partial charge on any atom is -0.505 e. The summed E-state index contributed by atoms with van der Waals surface area (Å²) in [5, 5.41) is 13.0. The second-order valence-electron chi connectivity index (χ2n) is 6.88. The first-order valence-electron chi connectivity index (χ1n) is 9.44. The van der Waals surface area contributed by atoms with Gasteiger partial charge < -0.3 is 20.1 Å². The first-order valence-corrected chi connectivity index (χ1v) is 9.81. The van der Waals surface area contributed by atoms with Crippen molar-refractivity contribution >= 4 is 28.9 Å². The van der Waals surface area contributed by atoms with Gasteiger partial charge in [-0.1, -0.05) is 23.7 Å². The number of phenolic OH excluding ortho intramolecular Hbond substituents is 1. The molecule has 0 aliphatic carbocycles. The van der Waals surface area contributed by atoms with Gasteiger partial charge in [-0.2, -0.15) is 0 Å². The van der Waals surface area contributed by atoms with E-state index in [1.54, 1.807) is 12.1 Å². The van der Waals surface area contributed by atoms with Crippen molar-refractivity contribution in [1.29, 1.82) is 0 Å². The molecule has 0 atom stereocenters. The van der Waals surface area contributed by atoms with Crippen LogP contribution in [-0.2, 0) is 11.3 Å². The van der Waals surface area contributed by atoms with Gasteiger partial charge in [0.25, 0.3) is 5.56 Å². The Hall–Kier alpha value is -3.10. The van der Waals surface area contributed by atoms with Gasteiger partial charge in [0.1, 0.15) is 5.69 Å². The Morgan fingerprint density at radius 1 is 1.17 bits per heavy atom. The Balaban J connectivity index is 1.73. The highest BCUT2D eigenvalue weighted by Crippen LogP contribution is 2.23. The molecule has 1 aromatic heterocycles. The van der Waals surface area contributed by atoms with Crippen LogP contribution >= 0.6 is 11.6 Å². The van der Waals surface area contributed by atoms with E-state index >= 15 is 0 Å². The number of aromatic nitrogens is 2. The number of anilines is 3. The number of nitrogens with one attached hydrogen (secondary N) is 1. The van der Waals surface area contributed by atoms with E-state index in [4.69, 9.17) is 16.3 Å². The summed E-state index contributed by atoms with van der Waals surface area (Å²) in [4.78, 5) is 19.7. The lowest BCUT2D eigenvalue weighted by atomic mass is 10.2. The normalized spacial score (nSPS) is 14.0. The van der Waals surface area contributed by atoms with Crippen molar-refractivity contribution in [2.45, 2.75) is 6.54 Å². The molecule has 30 heavy (non-hydrogen) atoms. The molecule has 0 amide bonds. The Labute approximate surface area is 177 Å². The lowest BCUT2D eigenvalue weighted by molar-refractivity contribution is 0.122. The predicted molar refractivity (Wildman–Crippen MR) is 113 cm³/mol. The second kappa shape index (κ2) is 8.73. The summed E-state index contributed by atoms with van der Waals surface area (Å²) < 4.78 is 20.6. The number of nitrogens with zero attached hydrogens (tertiary/aromatic N) is 3. The van der Waals surface area contributed by atoms with Crippen LogP contribution in [0.1, 0.15) is 5.56 Å². The van der Waals surface area contributed by atoms with E-state index in [2.05, 4.69) is 10.3 Å². The molecule has 7 nitrogen and oxygen atoms in total. The van der Waals surface area contributed by atoms with Gasteiger partial charge in [-0.3, -0.25) is 9.36 Å². The van der Waals surface area contributed by atoms with Crippen LogP contribution in [0, 0.1) is 5.82 Å². The Kier molecular flexibility index (Phi) is 5.87. The first kappa shape index (κ1) is 20.2. The smallest absolute Gasteiger partial charge is 0.278 e. The molecule has 1 saturated heterocycles. The number of rotatable bonds is 5. The summed E-state index contributed by atoms with van der Waals surface area (Å²) in [5.41, 5.74) is 1.49. The number of ether oxygens (including phenoxy) is 1. The molecule has 0 saturated carbocycles. The summed E-state index contributed by atoms with van der Waals surface area (Å²) in [6.45, 7) is 2.55. The number of aromatic hydroxyl groups is 1. The van der Waals surface area contributed by atoms with Crippen LogP contribution in [0.5, 0.6) is 5.75 Å². The third kappa shape index (κ3) is 4.39. The monoisotopic (exact) mass is 430 g/mol. The largest absolute Gasteiger partial charge is 0.505 e. The van der Waals surface area contributed by atoms with Gasteiger partial charge in [0.05, 0.1) is 26.0 Å². The summed E-state index contributed by atoms with van der Waals surface area (Å²) in [6.07, 6.45) is 1.52. The van der Waals surface area contributed by atoms with Crippen LogP contribution in [0.25, 0.3) is 0 Å². The molecule has 4 rings (SSSR count). The average molecular weight is 431 g/mol. The molecule has 2 N–H and O–H groups in total. The van der Waals surface area contributed by atoms with Crippen molar-refractivity contribution in [2.24, 2.45) is 0 Å². The minimum atomic E-state index is -0.767. The fourth-order valence-electron chi connectivity index (χ4n) is 3.24. The fourth-order valence-corrected chi connectivity index (χ4v) is 3.36. The van der Waals surface area contributed by atoms with E-state index in [9.17, 15) is 14.3 Å². The van der Waals surface area contributed by atoms with E-state index in [-0.39, 0.29) is 18.1 Å². The molecule has 3 aromatic rings. The lowest BCUT2D eigenvalue weighted by Crippen LogP contribution is -2.41. The summed E-state index contributed by atoms with van der Waals surface area (Å²) in [7, 11) is 0. The third-order valence-electron chi connectivity index (χ3n) is 4.84. The average Bonchev–Trinajstić information content (AvgIpc) is 2.75. The molecule has 9 heteroatoms. The molecular weight excluding hydrogens is 411 g/mol. The summed E-state index contributed by atoms with van der Waals surface area (Å²) in [5.74, 6) is -0.955. The maximum absolute atomic E-state index is 13.7. The van der Waals surface area contributed by atoms with E-state index < -0.39 is 11.6 Å².